The van der Waals surface area contributed by atoms with Gasteiger partial charge in [-0.15, -0.1) is 0 Å². The average Bonchev–Trinajstić information content (AvgIpc) is 2.70. The Kier molecular flexibility index (Phi) is 7.00. The number of carbonyl (C=O) groups excluding carboxylic acids is 2. The third-order valence-electron chi connectivity index (χ3n) is 3.94. The van der Waals surface area contributed by atoms with Gasteiger partial charge < -0.3 is 9.47 Å². The van der Waals surface area contributed by atoms with Crippen LogP contribution >= 0.6 is 0 Å². The second-order valence-corrected chi connectivity index (χ2v) is 6.20. The Morgan fingerprint density at radius 1 is 0.926 bits per heavy atom. The molecule has 2 rings (SSSR count). The summed E-state index contributed by atoms with van der Waals surface area (Å²) in [7, 11) is 2.99. The topological polar surface area (TPSA) is 76.7 Å². The van der Waals surface area contributed by atoms with E-state index in [4.69, 9.17) is 9.47 Å². The highest BCUT2D eigenvalue weighted by Gasteiger charge is 2.10. The van der Waals surface area contributed by atoms with Gasteiger partial charge in [0.2, 0.25) is 0 Å². The van der Waals surface area contributed by atoms with Crippen LogP contribution in [0.5, 0.6) is 11.5 Å². The number of rotatable bonds is 6. The lowest BCUT2D eigenvalue weighted by Crippen LogP contribution is -2.40. The number of benzene rings is 2. The molecule has 0 bridgehead atoms. The standard InChI is InChI=1S/C21H24N2O4/c1-14(2)16-8-5-15(6-9-16)7-10-20(24)22-23-21(25)17-11-18(26-3)13-19(12-17)27-4/h5-14H,1-4H3,(H,22,24)(H,23,25)/b10-7+. The Morgan fingerprint density at radius 2 is 1.52 bits per heavy atom. The van der Waals surface area contributed by atoms with Crippen molar-refractivity contribution in [2.75, 3.05) is 14.2 Å². The van der Waals surface area contributed by atoms with Gasteiger partial charge >= 0.3 is 0 Å². The summed E-state index contributed by atoms with van der Waals surface area (Å²) in [6, 6.07) is 12.7. The Labute approximate surface area is 159 Å². The van der Waals surface area contributed by atoms with E-state index in [0.717, 1.165) is 5.56 Å². The highest BCUT2D eigenvalue weighted by molar-refractivity contribution is 5.98. The van der Waals surface area contributed by atoms with Crippen LogP contribution in [0.15, 0.2) is 48.5 Å². The van der Waals surface area contributed by atoms with Gasteiger partial charge in [-0.25, -0.2) is 0 Å². The van der Waals surface area contributed by atoms with Crippen molar-refractivity contribution in [2.45, 2.75) is 19.8 Å². The van der Waals surface area contributed by atoms with Crippen LogP contribution in [0.2, 0.25) is 0 Å². The fourth-order valence-electron chi connectivity index (χ4n) is 2.33. The summed E-state index contributed by atoms with van der Waals surface area (Å²) in [5.74, 6) is 0.504. The molecule has 0 fully saturated rings. The molecule has 0 saturated carbocycles. The Morgan fingerprint density at radius 3 is 2.04 bits per heavy atom. The molecule has 0 aliphatic heterocycles. The summed E-state index contributed by atoms with van der Waals surface area (Å²) in [5.41, 5.74) is 7.15. The molecule has 0 atom stereocenters. The Hall–Kier alpha value is -3.28. The molecule has 0 aliphatic rings. The predicted molar refractivity (Wildman–Crippen MR) is 105 cm³/mol. The summed E-state index contributed by atoms with van der Waals surface area (Å²) < 4.78 is 10.3. The van der Waals surface area contributed by atoms with Crippen LogP contribution < -0.4 is 20.3 Å². The largest absolute Gasteiger partial charge is 0.497 e. The third-order valence-corrected chi connectivity index (χ3v) is 3.94. The molecule has 0 saturated heterocycles. The van der Waals surface area contributed by atoms with E-state index >= 15 is 0 Å². The molecule has 2 amide bonds. The van der Waals surface area contributed by atoms with E-state index in [9.17, 15) is 9.59 Å². The van der Waals surface area contributed by atoms with Gasteiger partial charge in [-0.2, -0.15) is 0 Å². The quantitative estimate of drug-likeness (QED) is 0.606. The smallest absolute Gasteiger partial charge is 0.269 e. The molecule has 27 heavy (non-hydrogen) atoms. The number of hydrogen-bond acceptors (Lipinski definition) is 4. The fourth-order valence-corrected chi connectivity index (χ4v) is 2.33. The molecule has 2 aromatic rings. The lowest BCUT2D eigenvalue weighted by atomic mass is 10.0. The minimum atomic E-state index is -0.477. The molecule has 6 heteroatoms. The second-order valence-electron chi connectivity index (χ2n) is 6.20. The third kappa shape index (κ3) is 5.88. The van der Waals surface area contributed by atoms with E-state index in [1.54, 1.807) is 24.3 Å². The molecule has 0 aliphatic carbocycles. The first kappa shape index (κ1) is 20.0. The molecule has 0 radical (unpaired) electrons. The van der Waals surface area contributed by atoms with Crippen LogP contribution in [-0.2, 0) is 4.79 Å². The summed E-state index contributed by atoms with van der Waals surface area (Å²) >= 11 is 0. The van der Waals surface area contributed by atoms with Crippen LogP contribution in [-0.4, -0.2) is 26.0 Å². The molecule has 0 aromatic heterocycles. The van der Waals surface area contributed by atoms with Gasteiger partial charge in [0, 0.05) is 17.7 Å². The van der Waals surface area contributed by atoms with Gasteiger partial charge in [-0.1, -0.05) is 38.1 Å². The van der Waals surface area contributed by atoms with Gasteiger partial charge in [0.25, 0.3) is 11.8 Å². The van der Waals surface area contributed by atoms with Gasteiger partial charge in [0.1, 0.15) is 11.5 Å². The molecule has 142 valence electrons. The molecular weight excluding hydrogens is 344 g/mol. The lowest BCUT2D eigenvalue weighted by Gasteiger charge is -2.09. The highest BCUT2D eigenvalue weighted by Crippen LogP contribution is 2.22. The van der Waals surface area contributed by atoms with Crippen molar-refractivity contribution in [3.05, 3.63) is 65.2 Å². The van der Waals surface area contributed by atoms with Crippen molar-refractivity contribution in [1.82, 2.24) is 10.9 Å². The molecule has 6 nitrogen and oxygen atoms in total. The van der Waals surface area contributed by atoms with Crippen molar-refractivity contribution >= 4 is 17.9 Å². The van der Waals surface area contributed by atoms with Crippen molar-refractivity contribution in [3.63, 3.8) is 0 Å². The van der Waals surface area contributed by atoms with Crippen LogP contribution in [0, 0.1) is 0 Å². The second kappa shape index (κ2) is 9.43. The molecule has 0 unspecified atom stereocenters. The average molecular weight is 368 g/mol. The lowest BCUT2D eigenvalue weighted by molar-refractivity contribution is -0.117. The van der Waals surface area contributed by atoms with Crippen molar-refractivity contribution in [1.29, 1.82) is 0 Å². The van der Waals surface area contributed by atoms with Gasteiger partial charge in [0.05, 0.1) is 14.2 Å². The predicted octanol–water partition coefficient (Wildman–Crippen LogP) is 3.30. The van der Waals surface area contributed by atoms with Gasteiger partial charge in [-0.05, 0) is 35.3 Å². The maximum Gasteiger partial charge on any atom is 0.269 e. The minimum absolute atomic E-state index is 0.305. The SMILES string of the molecule is COc1cc(OC)cc(C(=O)NNC(=O)/C=C/c2ccc(C(C)C)cc2)c1. The number of ether oxygens (including phenoxy) is 2. The molecule has 2 aromatic carbocycles. The zero-order valence-corrected chi connectivity index (χ0v) is 15.9. The van der Waals surface area contributed by atoms with E-state index in [1.807, 2.05) is 24.3 Å². The van der Waals surface area contributed by atoms with Crippen molar-refractivity contribution < 1.29 is 19.1 Å². The normalized spacial score (nSPS) is 10.7. The summed E-state index contributed by atoms with van der Waals surface area (Å²) in [4.78, 5) is 24.1. The van der Waals surface area contributed by atoms with Crippen LogP contribution in [0.1, 0.15) is 41.3 Å². The maximum absolute atomic E-state index is 12.2. The minimum Gasteiger partial charge on any atom is -0.497 e. The number of methoxy groups -OCH3 is 2. The zero-order valence-electron chi connectivity index (χ0n) is 15.9. The molecule has 0 heterocycles. The first-order chi connectivity index (χ1) is 12.9. The van der Waals surface area contributed by atoms with Crippen LogP contribution in [0.4, 0.5) is 0 Å². The first-order valence-corrected chi connectivity index (χ1v) is 8.54. The number of carbonyl (C=O) groups is 2. The number of hydrazine groups is 1. The van der Waals surface area contributed by atoms with E-state index in [-0.39, 0.29) is 0 Å². The van der Waals surface area contributed by atoms with Crippen molar-refractivity contribution in [2.24, 2.45) is 0 Å². The summed E-state index contributed by atoms with van der Waals surface area (Å²) in [5, 5.41) is 0. The van der Waals surface area contributed by atoms with Crippen LogP contribution in [0.25, 0.3) is 6.08 Å². The highest BCUT2D eigenvalue weighted by atomic mass is 16.5. The Balaban J connectivity index is 1.93. The van der Waals surface area contributed by atoms with E-state index in [0.29, 0.717) is 23.0 Å². The number of hydrogen-bond donors (Lipinski definition) is 2. The summed E-state index contributed by atoms with van der Waals surface area (Å²) in [6.45, 7) is 4.25. The molecular formula is C21H24N2O4. The number of amides is 2. The molecule has 0 spiro atoms. The zero-order chi connectivity index (χ0) is 19.8. The van der Waals surface area contributed by atoms with E-state index in [1.165, 1.54) is 25.9 Å². The fraction of sp³-hybridized carbons (Fsp3) is 0.238. The van der Waals surface area contributed by atoms with E-state index in [2.05, 4.69) is 24.7 Å². The Bertz CT molecular complexity index is 804. The first-order valence-electron chi connectivity index (χ1n) is 8.54. The van der Waals surface area contributed by atoms with Gasteiger partial charge in [-0.3, -0.25) is 20.4 Å². The van der Waals surface area contributed by atoms with Gasteiger partial charge in [0.15, 0.2) is 0 Å². The van der Waals surface area contributed by atoms with Crippen LogP contribution in [0.3, 0.4) is 0 Å². The number of nitrogens with one attached hydrogen (secondary N) is 2. The maximum atomic E-state index is 12.2. The monoisotopic (exact) mass is 368 g/mol. The summed E-state index contributed by atoms with van der Waals surface area (Å²) in [6.07, 6.45) is 3.04. The van der Waals surface area contributed by atoms with E-state index < -0.39 is 11.8 Å². The molecule has 2 N–H and O–H groups in total. The van der Waals surface area contributed by atoms with Crippen molar-refractivity contribution in [3.8, 4) is 11.5 Å².